The molecule has 1 aromatic carbocycles. The topological polar surface area (TPSA) is 30.7 Å². The van der Waals surface area contributed by atoms with E-state index >= 15 is 0 Å². The quantitative estimate of drug-likeness (QED) is 0.798. The molecule has 2 rings (SSSR count). The maximum Gasteiger partial charge on any atom is 0.437 e. The van der Waals surface area contributed by atoms with E-state index in [0.29, 0.717) is 14.4 Å². The van der Waals surface area contributed by atoms with Gasteiger partial charge in [0, 0.05) is 10.6 Å². The number of hydrogen-bond acceptors (Lipinski definition) is 2. The van der Waals surface area contributed by atoms with Crippen LogP contribution in [0.15, 0.2) is 24.3 Å². The minimum Gasteiger partial charge on any atom is -0.164 e. The summed E-state index contributed by atoms with van der Waals surface area (Å²) in [6, 6.07) is 5.89. The van der Waals surface area contributed by atoms with Crippen molar-refractivity contribution in [2.45, 2.75) is 6.18 Å². The lowest BCUT2D eigenvalue weighted by Crippen LogP contribution is -2.07. The molecule has 90 valence electrons. The van der Waals surface area contributed by atoms with Gasteiger partial charge in [-0.2, -0.15) is 13.2 Å². The van der Waals surface area contributed by atoms with E-state index in [0.717, 1.165) is 0 Å². The average Bonchev–Trinajstić information content (AvgIpc) is 2.61. The summed E-state index contributed by atoms with van der Waals surface area (Å²) < 4.78 is 38.7. The summed E-state index contributed by atoms with van der Waals surface area (Å²) >= 11 is 8.42. The number of alkyl halides is 3. The summed E-state index contributed by atoms with van der Waals surface area (Å²) in [6.07, 6.45) is -4.55. The van der Waals surface area contributed by atoms with Crippen molar-refractivity contribution < 1.29 is 13.2 Å². The van der Waals surface area contributed by atoms with Crippen molar-refractivity contribution >= 4 is 27.7 Å². The van der Waals surface area contributed by atoms with Gasteiger partial charge in [-0.1, -0.05) is 23.7 Å². The van der Waals surface area contributed by atoms with Gasteiger partial charge in [-0.15, -0.1) is 14.0 Å². The van der Waals surface area contributed by atoms with Crippen LogP contribution in [-0.2, 0) is 6.18 Å². The van der Waals surface area contributed by atoms with Gasteiger partial charge in [-0.05, 0) is 12.1 Å². The number of halogens is 5. The molecule has 17 heavy (non-hydrogen) atoms. The summed E-state index contributed by atoms with van der Waals surface area (Å²) in [4.78, 5) is 0. The van der Waals surface area contributed by atoms with Gasteiger partial charge in [0.1, 0.15) is 5.69 Å². The zero-order chi connectivity index (χ0) is 12.6. The van der Waals surface area contributed by atoms with Crippen LogP contribution in [0, 0.1) is 0 Å². The van der Waals surface area contributed by atoms with E-state index in [1.165, 1.54) is 24.3 Å². The van der Waals surface area contributed by atoms with Gasteiger partial charge < -0.3 is 0 Å². The van der Waals surface area contributed by atoms with E-state index in [1.54, 1.807) is 0 Å². The monoisotopic (exact) mass is 325 g/mol. The van der Waals surface area contributed by atoms with Crippen LogP contribution in [-0.4, -0.2) is 14.0 Å². The molecule has 0 saturated heterocycles. The predicted molar refractivity (Wildman–Crippen MR) is 59.8 cm³/mol. The first-order chi connectivity index (χ1) is 7.88. The Hall–Kier alpha value is -1.08. The Morgan fingerprint density at radius 3 is 2.24 bits per heavy atom. The molecular formula is C9H4BrClF3N3. The molecular weight excluding hydrogens is 322 g/mol. The highest BCUT2D eigenvalue weighted by molar-refractivity contribution is 9.08. The number of aromatic nitrogens is 3. The van der Waals surface area contributed by atoms with Crippen LogP contribution >= 0.6 is 27.7 Å². The highest BCUT2D eigenvalue weighted by Gasteiger charge is 2.38. The third-order valence-electron chi connectivity index (χ3n) is 1.98. The van der Waals surface area contributed by atoms with Gasteiger partial charge >= 0.3 is 6.18 Å². The van der Waals surface area contributed by atoms with E-state index in [2.05, 4.69) is 26.3 Å². The standard InChI is InChI=1S/C9H4BrClF3N3/c10-17-15-7(8(16-17)9(12,13)14)5-1-3-6(11)4-2-5/h1-4H. The summed E-state index contributed by atoms with van der Waals surface area (Å²) in [5.74, 6) is 0. The molecule has 8 heteroatoms. The Kier molecular flexibility index (Phi) is 3.13. The van der Waals surface area contributed by atoms with Crippen molar-refractivity contribution in [3.63, 3.8) is 0 Å². The zero-order valence-corrected chi connectivity index (χ0v) is 10.4. The predicted octanol–water partition coefficient (Wildman–Crippen LogP) is 3.78. The first-order valence-electron chi connectivity index (χ1n) is 4.34. The minimum atomic E-state index is -4.55. The van der Waals surface area contributed by atoms with Gasteiger partial charge in [0.05, 0.1) is 16.1 Å². The maximum absolute atomic E-state index is 12.7. The maximum atomic E-state index is 12.7. The number of rotatable bonds is 1. The smallest absolute Gasteiger partial charge is 0.164 e. The van der Waals surface area contributed by atoms with Gasteiger partial charge in [0.2, 0.25) is 0 Å². The highest BCUT2D eigenvalue weighted by Crippen LogP contribution is 2.35. The minimum absolute atomic E-state index is 0.244. The van der Waals surface area contributed by atoms with E-state index in [4.69, 9.17) is 11.6 Å². The van der Waals surface area contributed by atoms with Crippen LogP contribution in [0.25, 0.3) is 11.3 Å². The summed E-state index contributed by atoms with van der Waals surface area (Å²) in [7, 11) is 0. The molecule has 1 aromatic heterocycles. The Morgan fingerprint density at radius 1 is 1.12 bits per heavy atom. The SMILES string of the molecule is FC(F)(F)c1nn(Br)nc1-c1ccc(Cl)cc1. The van der Waals surface area contributed by atoms with E-state index in [1.807, 2.05) is 0 Å². The second-order valence-electron chi connectivity index (χ2n) is 3.14. The van der Waals surface area contributed by atoms with Crippen molar-refractivity contribution in [2.75, 3.05) is 0 Å². The summed E-state index contributed by atoms with van der Waals surface area (Å²) in [6.45, 7) is 0. The molecule has 0 aliphatic rings. The van der Waals surface area contributed by atoms with Crippen molar-refractivity contribution in [3.8, 4) is 11.3 Å². The normalized spacial score (nSPS) is 11.8. The Balaban J connectivity index is 2.55. The van der Waals surface area contributed by atoms with Crippen molar-refractivity contribution in [1.82, 2.24) is 14.0 Å². The third-order valence-corrected chi connectivity index (χ3v) is 2.54. The molecule has 0 fully saturated rings. The van der Waals surface area contributed by atoms with Crippen LogP contribution < -0.4 is 0 Å². The van der Waals surface area contributed by atoms with Crippen molar-refractivity contribution in [3.05, 3.63) is 35.0 Å². The molecule has 1 heterocycles. The van der Waals surface area contributed by atoms with Crippen molar-refractivity contribution in [2.24, 2.45) is 0 Å². The highest BCUT2D eigenvalue weighted by atomic mass is 79.9. The van der Waals surface area contributed by atoms with Crippen LogP contribution in [0.5, 0.6) is 0 Å². The lowest BCUT2D eigenvalue weighted by Gasteiger charge is -2.04. The molecule has 2 aromatic rings. The summed E-state index contributed by atoms with van der Waals surface area (Å²) in [5.41, 5.74) is -0.991. The second kappa shape index (κ2) is 4.30. The fourth-order valence-electron chi connectivity index (χ4n) is 1.28. The fraction of sp³-hybridized carbons (Fsp3) is 0.111. The zero-order valence-electron chi connectivity index (χ0n) is 8.04. The van der Waals surface area contributed by atoms with Crippen molar-refractivity contribution in [1.29, 1.82) is 0 Å². The van der Waals surface area contributed by atoms with Gasteiger partial charge in [0.25, 0.3) is 0 Å². The molecule has 0 bridgehead atoms. The summed E-state index contributed by atoms with van der Waals surface area (Å²) in [5, 5.41) is 7.32. The van der Waals surface area contributed by atoms with E-state index < -0.39 is 11.9 Å². The fourth-order valence-corrected chi connectivity index (χ4v) is 1.72. The van der Waals surface area contributed by atoms with Gasteiger partial charge in [-0.25, -0.2) is 0 Å². The third kappa shape index (κ3) is 2.61. The van der Waals surface area contributed by atoms with E-state index in [9.17, 15) is 13.2 Å². The second-order valence-corrected chi connectivity index (χ2v) is 4.21. The Labute approximate surface area is 108 Å². The molecule has 0 saturated carbocycles. The van der Waals surface area contributed by atoms with Crippen LogP contribution in [0.4, 0.5) is 13.2 Å². The van der Waals surface area contributed by atoms with Crippen LogP contribution in [0.2, 0.25) is 5.02 Å². The largest absolute Gasteiger partial charge is 0.437 e. The van der Waals surface area contributed by atoms with Gasteiger partial charge in [0.15, 0.2) is 5.69 Å². The number of hydrogen-bond donors (Lipinski definition) is 0. The molecule has 0 atom stereocenters. The molecule has 3 nitrogen and oxygen atoms in total. The first-order valence-corrected chi connectivity index (χ1v) is 5.43. The number of benzene rings is 1. The molecule has 0 radical (unpaired) electrons. The molecule has 0 aliphatic heterocycles. The first kappa shape index (κ1) is 12.4. The van der Waals surface area contributed by atoms with Crippen LogP contribution in [0.3, 0.4) is 0 Å². The molecule has 0 unspecified atom stereocenters. The average molecular weight is 327 g/mol. The molecule has 0 N–H and O–H groups in total. The molecule has 0 spiro atoms. The van der Waals surface area contributed by atoms with Crippen LogP contribution in [0.1, 0.15) is 5.69 Å². The van der Waals surface area contributed by atoms with Gasteiger partial charge in [-0.3, -0.25) is 0 Å². The molecule has 0 aliphatic carbocycles. The van der Waals surface area contributed by atoms with E-state index in [-0.39, 0.29) is 5.69 Å². The number of nitrogens with zero attached hydrogens (tertiary/aromatic N) is 3. The Bertz CT molecular complexity index is 535. The lowest BCUT2D eigenvalue weighted by atomic mass is 10.1. The molecule has 0 amide bonds. The Morgan fingerprint density at radius 2 is 1.71 bits per heavy atom. The lowest BCUT2D eigenvalue weighted by molar-refractivity contribution is -0.140.